The van der Waals surface area contributed by atoms with Crippen LogP contribution in [0.2, 0.25) is 0 Å². The first-order valence-corrected chi connectivity index (χ1v) is 8.54. The summed E-state index contributed by atoms with van der Waals surface area (Å²) in [5, 5.41) is 0. The first kappa shape index (κ1) is 15.5. The van der Waals surface area contributed by atoms with Crippen molar-refractivity contribution >= 4 is 15.7 Å². The average Bonchev–Trinajstić information content (AvgIpc) is 2.45. The summed E-state index contributed by atoms with van der Waals surface area (Å²) in [5.41, 5.74) is 2.46. The second-order valence-corrected chi connectivity index (χ2v) is 6.72. The Morgan fingerprint density at radius 2 is 1.86 bits per heavy atom. The Morgan fingerprint density at radius 1 is 1.14 bits per heavy atom. The average molecular weight is 304 g/mol. The van der Waals surface area contributed by atoms with Crippen LogP contribution in [0.1, 0.15) is 31.0 Å². The van der Waals surface area contributed by atoms with Crippen LogP contribution in [0.3, 0.4) is 0 Å². The SMILES string of the molecule is CCCCc1ccc(S(=O)(=O)Nc2ccnc(C)c2)cc1. The number of rotatable bonds is 6. The maximum absolute atomic E-state index is 12.3. The van der Waals surface area contributed by atoms with E-state index >= 15 is 0 Å². The van der Waals surface area contributed by atoms with Gasteiger partial charge in [-0.1, -0.05) is 25.5 Å². The summed E-state index contributed by atoms with van der Waals surface area (Å²) < 4.78 is 27.2. The molecule has 112 valence electrons. The molecule has 0 aliphatic rings. The van der Waals surface area contributed by atoms with Gasteiger partial charge >= 0.3 is 0 Å². The molecule has 2 rings (SSSR count). The standard InChI is InChI=1S/C16H20N2O2S/c1-3-4-5-14-6-8-16(9-7-14)21(19,20)18-15-10-11-17-13(2)12-15/h6-12H,3-5H2,1-2H3,(H,17,18). The van der Waals surface area contributed by atoms with Crippen LogP contribution in [0.15, 0.2) is 47.5 Å². The lowest BCUT2D eigenvalue weighted by molar-refractivity contribution is 0.601. The first-order chi connectivity index (χ1) is 10.0. The van der Waals surface area contributed by atoms with Gasteiger partial charge in [-0.2, -0.15) is 0 Å². The number of aryl methyl sites for hydroxylation is 2. The first-order valence-electron chi connectivity index (χ1n) is 7.05. The lowest BCUT2D eigenvalue weighted by Crippen LogP contribution is -2.13. The quantitative estimate of drug-likeness (QED) is 0.888. The van der Waals surface area contributed by atoms with Crippen molar-refractivity contribution in [3.05, 3.63) is 53.9 Å². The molecule has 0 fully saturated rings. The van der Waals surface area contributed by atoms with Gasteiger partial charge in [0.25, 0.3) is 10.0 Å². The largest absolute Gasteiger partial charge is 0.280 e. The van der Waals surface area contributed by atoms with E-state index < -0.39 is 10.0 Å². The van der Waals surface area contributed by atoms with Gasteiger partial charge in [-0.05, 0) is 49.6 Å². The van der Waals surface area contributed by atoms with Crippen molar-refractivity contribution in [1.29, 1.82) is 0 Å². The second-order valence-electron chi connectivity index (χ2n) is 5.04. The molecule has 0 aliphatic carbocycles. The molecule has 0 bridgehead atoms. The molecule has 1 aromatic carbocycles. The molecule has 1 aromatic heterocycles. The van der Waals surface area contributed by atoms with Crippen molar-refractivity contribution in [3.8, 4) is 0 Å². The maximum atomic E-state index is 12.3. The van der Waals surface area contributed by atoms with Crippen molar-refractivity contribution in [3.63, 3.8) is 0 Å². The van der Waals surface area contributed by atoms with Gasteiger partial charge < -0.3 is 0 Å². The Bertz CT molecular complexity index is 694. The number of unbranched alkanes of at least 4 members (excludes halogenated alkanes) is 1. The highest BCUT2D eigenvalue weighted by Gasteiger charge is 2.14. The molecule has 0 amide bonds. The molecule has 0 atom stereocenters. The summed E-state index contributed by atoms with van der Waals surface area (Å²) in [6.07, 6.45) is 4.80. The third kappa shape index (κ3) is 4.29. The van der Waals surface area contributed by atoms with Gasteiger partial charge in [-0.15, -0.1) is 0 Å². The molecule has 1 N–H and O–H groups in total. The van der Waals surface area contributed by atoms with E-state index in [-0.39, 0.29) is 4.90 Å². The van der Waals surface area contributed by atoms with Crippen LogP contribution in [0, 0.1) is 6.92 Å². The number of pyridine rings is 1. The van der Waals surface area contributed by atoms with E-state index in [0.717, 1.165) is 30.5 Å². The number of hydrogen-bond acceptors (Lipinski definition) is 3. The fourth-order valence-corrected chi connectivity index (χ4v) is 3.09. The topological polar surface area (TPSA) is 59.1 Å². The zero-order valence-electron chi connectivity index (χ0n) is 12.3. The minimum atomic E-state index is -3.55. The Labute approximate surface area is 126 Å². The minimum absolute atomic E-state index is 0.275. The number of anilines is 1. The third-order valence-electron chi connectivity index (χ3n) is 3.20. The molecule has 0 spiro atoms. The summed E-state index contributed by atoms with van der Waals surface area (Å²) in [6.45, 7) is 3.96. The van der Waals surface area contributed by atoms with Crippen molar-refractivity contribution < 1.29 is 8.42 Å². The highest BCUT2D eigenvalue weighted by Crippen LogP contribution is 2.17. The third-order valence-corrected chi connectivity index (χ3v) is 4.60. The number of aromatic nitrogens is 1. The van der Waals surface area contributed by atoms with Crippen LogP contribution in [0.4, 0.5) is 5.69 Å². The van der Waals surface area contributed by atoms with E-state index in [2.05, 4.69) is 16.6 Å². The molecular weight excluding hydrogens is 284 g/mol. The predicted octanol–water partition coefficient (Wildman–Crippen LogP) is 3.53. The number of sulfonamides is 1. The van der Waals surface area contributed by atoms with Gasteiger partial charge in [0.15, 0.2) is 0 Å². The maximum Gasteiger partial charge on any atom is 0.261 e. The number of nitrogens with one attached hydrogen (secondary N) is 1. The van der Waals surface area contributed by atoms with Crippen LogP contribution in [-0.4, -0.2) is 13.4 Å². The molecule has 0 radical (unpaired) electrons. The predicted molar refractivity (Wildman–Crippen MR) is 84.8 cm³/mol. The molecule has 4 nitrogen and oxygen atoms in total. The summed E-state index contributed by atoms with van der Waals surface area (Å²) in [7, 11) is -3.55. The monoisotopic (exact) mass is 304 g/mol. The van der Waals surface area contributed by atoms with Crippen LogP contribution in [0.25, 0.3) is 0 Å². The lowest BCUT2D eigenvalue weighted by Gasteiger charge is -2.09. The van der Waals surface area contributed by atoms with Crippen LogP contribution in [-0.2, 0) is 16.4 Å². The Morgan fingerprint density at radius 3 is 2.48 bits per heavy atom. The van der Waals surface area contributed by atoms with Crippen molar-refractivity contribution in [1.82, 2.24) is 4.98 Å². The number of nitrogens with zero attached hydrogens (tertiary/aromatic N) is 1. The van der Waals surface area contributed by atoms with Gasteiger partial charge in [-0.3, -0.25) is 9.71 Å². The lowest BCUT2D eigenvalue weighted by atomic mass is 10.1. The summed E-state index contributed by atoms with van der Waals surface area (Å²) in [4.78, 5) is 4.32. The molecule has 2 aromatic rings. The molecule has 0 unspecified atom stereocenters. The second kappa shape index (κ2) is 6.72. The van der Waals surface area contributed by atoms with Crippen molar-refractivity contribution in [2.75, 3.05) is 4.72 Å². The highest BCUT2D eigenvalue weighted by molar-refractivity contribution is 7.92. The summed E-state index contributed by atoms with van der Waals surface area (Å²) in [5.74, 6) is 0. The van der Waals surface area contributed by atoms with Gasteiger partial charge in [0.05, 0.1) is 10.6 Å². The smallest absolute Gasteiger partial charge is 0.261 e. The molecule has 0 aliphatic heterocycles. The normalized spacial score (nSPS) is 11.3. The molecular formula is C16H20N2O2S. The summed E-state index contributed by atoms with van der Waals surface area (Å²) >= 11 is 0. The summed E-state index contributed by atoms with van der Waals surface area (Å²) in [6, 6.07) is 10.4. The van der Waals surface area contributed by atoms with E-state index in [1.54, 1.807) is 30.5 Å². The highest BCUT2D eigenvalue weighted by atomic mass is 32.2. The number of hydrogen-bond donors (Lipinski definition) is 1. The van der Waals surface area contributed by atoms with Gasteiger partial charge in [0, 0.05) is 11.9 Å². The molecule has 1 heterocycles. The van der Waals surface area contributed by atoms with E-state index in [4.69, 9.17) is 0 Å². The van der Waals surface area contributed by atoms with E-state index in [1.807, 2.05) is 19.1 Å². The molecule has 5 heteroatoms. The molecule has 0 saturated carbocycles. The number of benzene rings is 1. The van der Waals surface area contributed by atoms with Gasteiger partial charge in [-0.25, -0.2) is 8.42 Å². The fraction of sp³-hybridized carbons (Fsp3) is 0.312. The van der Waals surface area contributed by atoms with Crippen molar-refractivity contribution in [2.24, 2.45) is 0 Å². The fourth-order valence-electron chi connectivity index (χ4n) is 2.04. The van der Waals surface area contributed by atoms with E-state index in [1.165, 1.54) is 0 Å². The zero-order valence-corrected chi connectivity index (χ0v) is 13.2. The Hall–Kier alpha value is -1.88. The Kier molecular flexibility index (Phi) is 4.96. The van der Waals surface area contributed by atoms with Crippen LogP contribution in [0.5, 0.6) is 0 Å². The van der Waals surface area contributed by atoms with Gasteiger partial charge in [0.1, 0.15) is 0 Å². The van der Waals surface area contributed by atoms with E-state index in [9.17, 15) is 8.42 Å². The van der Waals surface area contributed by atoms with Crippen molar-refractivity contribution in [2.45, 2.75) is 38.0 Å². The Balaban J connectivity index is 2.15. The van der Waals surface area contributed by atoms with Crippen LogP contribution >= 0.6 is 0 Å². The van der Waals surface area contributed by atoms with Crippen LogP contribution < -0.4 is 4.72 Å². The van der Waals surface area contributed by atoms with Gasteiger partial charge in [0.2, 0.25) is 0 Å². The molecule has 21 heavy (non-hydrogen) atoms. The van der Waals surface area contributed by atoms with E-state index in [0.29, 0.717) is 5.69 Å². The zero-order chi connectivity index (χ0) is 15.3. The minimum Gasteiger partial charge on any atom is -0.280 e. The molecule has 0 saturated heterocycles.